The zero-order valence-corrected chi connectivity index (χ0v) is 18.3. The van der Waals surface area contributed by atoms with Crippen LogP contribution in [0, 0.1) is 0 Å². The van der Waals surface area contributed by atoms with Crippen molar-refractivity contribution < 1.29 is 4.42 Å². The van der Waals surface area contributed by atoms with E-state index in [-0.39, 0.29) is 12.4 Å². The summed E-state index contributed by atoms with van der Waals surface area (Å²) in [5.41, 5.74) is 4.47. The van der Waals surface area contributed by atoms with Gasteiger partial charge in [0.05, 0.1) is 11.0 Å². The second-order valence-corrected chi connectivity index (χ2v) is 7.14. The monoisotopic (exact) mass is 430 g/mol. The van der Waals surface area contributed by atoms with E-state index in [4.69, 9.17) is 14.4 Å². The van der Waals surface area contributed by atoms with Gasteiger partial charge in [-0.15, -0.1) is 12.4 Å². The largest absolute Gasteiger partial charge is 0.453 e. The lowest BCUT2D eigenvalue weighted by molar-refractivity contribution is 0.613. The summed E-state index contributed by atoms with van der Waals surface area (Å²) in [6, 6.07) is 20.2. The zero-order chi connectivity index (χ0) is 20.5. The molecule has 5 rings (SSSR count). The van der Waals surface area contributed by atoms with E-state index in [0.29, 0.717) is 0 Å². The molecule has 0 bridgehead atoms. The first kappa shape index (κ1) is 20.8. The molecule has 0 atom stereocenters. The highest BCUT2D eigenvalue weighted by Crippen LogP contribution is 2.31. The Morgan fingerprint density at radius 2 is 1.65 bits per heavy atom. The molecule has 5 nitrogen and oxygen atoms in total. The second kappa shape index (κ2) is 8.74. The van der Waals surface area contributed by atoms with E-state index >= 15 is 0 Å². The van der Waals surface area contributed by atoms with Crippen LogP contribution in [0.5, 0.6) is 0 Å². The van der Waals surface area contributed by atoms with Crippen molar-refractivity contribution >= 4 is 45.7 Å². The first-order valence-corrected chi connectivity index (χ1v) is 10.2. The van der Waals surface area contributed by atoms with Gasteiger partial charge in [0.15, 0.2) is 11.3 Å². The summed E-state index contributed by atoms with van der Waals surface area (Å²) in [5.74, 6) is 0.728. The Bertz CT molecular complexity index is 1380. The minimum Gasteiger partial charge on any atom is -0.453 e. The first-order valence-electron chi connectivity index (χ1n) is 10.2. The molecule has 0 saturated carbocycles. The Morgan fingerprint density at radius 3 is 2.39 bits per heavy atom. The number of aromatic nitrogens is 2. The molecule has 1 aliphatic heterocycles. The van der Waals surface area contributed by atoms with Crippen LogP contribution in [0.1, 0.15) is 13.8 Å². The molecule has 6 heteroatoms. The number of pyridine rings is 1. The van der Waals surface area contributed by atoms with Crippen molar-refractivity contribution in [1.82, 2.24) is 9.97 Å². The molecule has 0 saturated heterocycles. The topological polar surface area (TPSA) is 54.5 Å². The minimum atomic E-state index is 0. The van der Waals surface area contributed by atoms with E-state index in [9.17, 15) is 0 Å². The van der Waals surface area contributed by atoms with Crippen LogP contribution < -0.4 is 10.3 Å². The molecule has 156 valence electrons. The standard InChI is InChI=1S/C25H22N4O.ClH/c1-3-29(4-2)18-9-10-21-23(15-18)30-24-16-22(27-17-11-13-26-14-12-17)19-7-5-6-8-20(19)25(24)28-21;/h5-16H,3-4H2,1-2H3;1H. The molecule has 2 aliphatic rings. The summed E-state index contributed by atoms with van der Waals surface area (Å²) >= 11 is 0. The van der Waals surface area contributed by atoms with Crippen LogP contribution in [-0.2, 0) is 0 Å². The number of anilines is 1. The number of hydrogen-bond donors (Lipinski definition) is 0. The fourth-order valence-corrected chi connectivity index (χ4v) is 3.86. The Kier molecular flexibility index (Phi) is 5.87. The predicted molar refractivity (Wildman–Crippen MR) is 128 cm³/mol. The molecule has 31 heavy (non-hydrogen) atoms. The van der Waals surface area contributed by atoms with E-state index in [1.54, 1.807) is 12.4 Å². The summed E-state index contributed by atoms with van der Waals surface area (Å²) in [5, 5.41) is 2.93. The van der Waals surface area contributed by atoms with Crippen molar-refractivity contribution in [2.24, 2.45) is 4.99 Å². The van der Waals surface area contributed by atoms with Crippen molar-refractivity contribution in [2.45, 2.75) is 13.8 Å². The third-order valence-corrected chi connectivity index (χ3v) is 5.40. The molecule has 0 radical (unpaired) electrons. The lowest BCUT2D eigenvalue weighted by Crippen LogP contribution is -2.21. The average Bonchev–Trinajstić information content (AvgIpc) is 2.79. The maximum absolute atomic E-state index is 6.35. The SMILES string of the molecule is CCN(CC)c1ccc2nc3c4ccccc4c(=Nc4ccncc4)cc-3oc2c1.Cl. The number of fused-ring (bicyclic) bond motifs is 4. The van der Waals surface area contributed by atoms with Gasteiger partial charge < -0.3 is 9.32 Å². The van der Waals surface area contributed by atoms with Crippen LogP contribution in [0.15, 0.2) is 82.5 Å². The highest BCUT2D eigenvalue weighted by atomic mass is 35.5. The third kappa shape index (κ3) is 3.84. The van der Waals surface area contributed by atoms with Gasteiger partial charge in [-0.2, -0.15) is 0 Å². The molecule has 2 heterocycles. The van der Waals surface area contributed by atoms with E-state index in [2.05, 4.69) is 48.0 Å². The lowest BCUT2D eigenvalue weighted by Gasteiger charge is -2.21. The van der Waals surface area contributed by atoms with E-state index in [0.717, 1.165) is 63.1 Å². The lowest BCUT2D eigenvalue weighted by atomic mass is 10.0. The summed E-state index contributed by atoms with van der Waals surface area (Å²) in [6.45, 7) is 6.20. The predicted octanol–water partition coefficient (Wildman–Crippen LogP) is 5.98. The molecule has 0 fully saturated rings. The van der Waals surface area contributed by atoms with Crippen LogP contribution in [-0.4, -0.2) is 23.1 Å². The highest BCUT2D eigenvalue weighted by Gasteiger charge is 2.15. The third-order valence-electron chi connectivity index (χ3n) is 5.40. The molecule has 0 amide bonds. The van der Waals surface area contributed by atoms with E-state index < -0.39 is 0 Å². The molecule has 1 aliphatic carbocycles. The fourth-order valence-electron chi connectivity index (χ4n) is 3.86. The Labute approximate surface area is 186 Å². The van der Waals surface area contributed by atoms with Crippen molar-refractivity contribution in [3.8, 4) is 11.5 Å². The number of rotatable bonds is 4. The van der Waals surface area contributed by atoms with Gasteiger partial charge in [0.25, 0.3) is 0 Å². The normalized spacial score (nSPS) is 11.7. The molecular weight excluding hydrogens is 408 g/mol. The van der Waals surface area contributed by atoms with Crippen LogP contribution in [0.4, 0.5) is 11.4 Å². The van der Waals surface area contributed by atoms with E-state index in [1.165, 1.54) is 0 Å². The van der Waals surface area contributed by atoms with Gasteiger partial charge in [-0.3, -0.25) is 4.98 Å². The summed E-state index contributed by atoms with van der Waals surface area (Å²) in [4.78, 5) is 16.2. The summed E-state index contributed by atoms with van der Waals surface area (Å²) < 4.78 is 6.35. The minimum absolute atomic E-state index is 0. The van der Waals surface area contributed by atoms with Gasteiger partial charge in [0.2, 0.25) is 0 Å². The maximum atomic E-state index is 6.35. The van der Waals surface area contributed by atoms with Crippen LogP contribution in [0.3, 0.4) is 0 Å². The maximum Gasteiger partial charge on any atom is 0.155 e. The number of hydrogen-bond acceptors (Lipinski definition) is 5. The fraction of sp³-hybridized carbons (Fsp3) is 0.160. The average molecular weight is 431 g/mol. The zero-order valence-electron chi connectivity index (χ0n) is 17.4. The van der Waals surface area contributed by atoms with Crippen molar-refractivity contribution in [1.29, 1.82) is 0 Å². The quantitative estimate of drug-likeness (QED) is 0.260. The highest BCUT2D eigenvalue weighted by molar-refractivity contribution is 5.96. The molecule has 1 aromatic heterocycles. The number of nitrogens with zero attached hydrogens (tertiary/aromatic N) is 4. The molecular formula is C25H23ClN4O. The van der Waals surface area contributed by atoms with Crippen LogP contribution in [0.2, 0.25) is 0 Å². The van der Waals surface area contributed by atoms with Gasteiger partial charge in [0, 0.05) is 54.1 Å². The van der Waals surface area contributed by atoms with Gasteiger partial charge in [0.1, 0.15) is 11.2 Å². The Balaban J connectivity index is 0.00000231. The summed E-state index contributed by atoms with van der Waals surface area (Å²) in [7, 11) is 0. The van der Waals surface area contributed by atoms with Gasteiger partial charge in [-0.1, -0.05) is 24.3 Å². The molecule has 2 aromatic carbocycles. The van der Waals surface area contributed by atoms with Crippen molar-refractivity contribution in [2.75, 3.05) is 18.0 Å². The summed E-state index contributed by atoms with van der Waals surface area (Å²) in [6.07, 6.45) is 3.49. The van der Waals surface area contributed by atoms with Crippen molar-refractivity contribution in [3.05, 3.63) is 78.4 Å². The van der Waals surface area contributed by atoms with Crippen molar-refractivity contribution in [3.63, 3.8) is 0 Å². The van der Waals surface area contributed by atoms with Gasteiger partial charge in [-0.05, 0) is 38.1 Å². The van der Waals surface area contributed by atoms with Crippen LogP contribution >= 0.6 is 12.4 Å². The smallest absolute Gasteiger partial charge is 0.155 e. The Hall–Kier alpha value is -3.44. The second-order valence-electron chi connectivity index (χ2n) is 7.14. The molecule has 0 unspecified atom stereocenters. The van der Waals surface area contributed by atoms with E-state index in [1.807, 2.05) is 36.4 Å². The van der Waals surface area contributed by atoms with Gasteiger partial charge >= 0.3 is 0 Å². The van der Waals surface area contributed by atoms with Gasteiger partial charge in [-0.25, -0.2) is 9.98 Å². The molecule has 0 N–H and O–H groups in total. The first-order chi connectivity index (χ1) is 14.8. The van der Waals surface area contributed by atoms with Crippen LogP contribution in [0.25, 0.3) is 33.3 Å². The number of benzene rings is 3. The Morgan fingerprint density at radius 1 is 0.903 bits per heavy atom. The number of halogens is 1. The molecule has 3 aromatic rings. The molecule has 0 spiro atoms.